The molecule has 0 atom stereocenters. The fourth-order valence-corrected chi connectivity index (χ4v) is 2.70. The van der Waals surface area contributed by atoms with E-state index < -0.39 is 11.9 Å². The van der Waals surface area contributed by atoms with Crippen molar-refractivity contribution in [2.45, 2.75) is 0 Å². The third-order valence-electron chi connectivity index (χ3n) is 4.07. The van der Waals surface area contributed by atoms with E-state index in [1.807, 2.05) is 54.6 Å². The highest BCUT2D eigenvalue weighted by molar-refractivity contribution is 6.03. The van der Waals surface area contributed by atoms with Gasteiger partial charge in [0.15, 0.2) is 6.61 Å². The quantitative estimate of drug-likeness (QED) is 0.349. The highest BCUT2D eigenvalue weighted by Gasteiger charge is 2.08. The summed E-state index contributed by atoms with van der Waals surface area (Å²) in [5.41, 5.74) is 1.49. The van der Waals surface area contributed by atoms with Gasteiger partial charge in [-0.25, -0.2) is 4.79 Å². The van der Waals surface area contributed by atoms with Gasteiger partial charge in [-0.3, -0.25) is 4.79 Å². The number of amides is 1. The molecule has 1 amide bonds. The maximum atomic E-state index is 12.1. The normalized spacial score (nSPS) is 10.6. The van der Waals surface area contributed by atoms with Crippen LogP contribution in [0.25, 0.3) is 16.8 Å². The van der Waals surface area contributed by atoms with E-state index in [0.717, 1.165) is 22.1 Å². The lowest BCUT2D eigenvalue weighted by Gasteiger charge is -2.08. The molecular weight excluding hydrogens is 366 g/mol. The maximum Gasteiger partial charge on any atom is 0.331 e. The zero-order valence-electron chi connectivity index (χ0n) is 15.8. The Labute approximate surface area is 169 Å². The second kappa shape index (κ2) is 9.90. The van der Waals surface area contributed by atoms with Gasteiger partial charge in [0.25, 0.3) is 5.91 Å². The topological polar surface area (TPSA) is 64.6 Å². The molecule has 3 aromatic rings. The number of nitrogens with one attached hydrogen (secondary N) is 1. The van der Waals surface area contributed by atoms with Crippen LogP contribution in [0.2, 0.25) is 0 Å². The van der Waals surface area contributed by atoms with Gasteiger partial charge in [0, 0.05) is 17.1 Å². The number of anilines is 1. The summed E-state index contributed by atoms with van der Waals surface area (Å²) >= 11 is 0. The Bertz CT molecular complexity index is 1030. The molecule has 1 N–H and O–H groups in total. The molecule has 3 rings (SSSR count). The maximum absolute atomic E-state index is 12.1. The highest BCUT2D eigenvalue weighted by atomic mass is 16.5. The van der Waals surface area contributed by atoms with Gasteiger partial charge >= 0.3 is 5.97 Å². The number of rotatable bonds is 8. The molecule has 0 aliphatic heterocycles. The number of esters is 1. The molecule has 29 heavy (non-hydrogen) atoms. The lowest BCUT2D eigenvalue weighted by molar-refractivity contribution is -0.142. The van der Waals surface area contributed by atoms with E-state index in [9.17, 15) is 9.59 Å². The standard InChI is InChI=1S/C24H21NO4/c1-2-16-28-20-13-10-18(11-14-20)12-15-24(27)29-17-23(26)25-22-9-5-7-19-6-3-4-8-21(19)22/h2-15H,1,16-17H2,(H,25,26)/b15-12+. The number of fused-ring (bicyclic) bond motifs is 1. The summed E-state index contributed by atoms with van der Waals surface area (Å²) < 4.78 is 10.4. The van der Waals surface area contributed by atoms with Gasteiger partial charge in [-0.05, 0) is 35.2 Å². The Kier molecular flexibility index (Phi) is 6.79. The summed E-state index contributed by atoms with van der Waals surface area (Å²) in [5, 5.41) is 4.72. The lowest BCUT2D eigenvalue weighted by atomic mass is 10.1. The number of hydrogen-bond donors (Lipinski definition) is 1. The van der Waals surface area contributed by atoms with Crippen LogP contribution in [0.3, 0.4) is 0 Å². The number of carbonyl (C=O) groups is 2. The second-order valence-electron chi connectivity index (χ2n) is 6.18. The van der Waals surface area contributed by atoms with Crippen molar-refractivity contribution in [1.29, 1.82) is 0 Å². The Morgan fingerprint density at radius 2 is 1.72 bits per heavy atom. The van der Waals surface area contributed by atoms with Gasteiger partial charge < -0.3 is 14.8 Å². The predicted octanol–water partition coefficient (Wildman–Crippen LogP) is 4.60. The molecule has 146 valence electrons. The molecule has 5 nitrogen and oxygen atoms in total. The van der Waals surface area contributed by atoms with Crippen molar-refractivity contribution >= 4 is 34.4 Å². The van der Waals surface area contributed by atoms with E-state index in [1.54, 1.807) is 24.3 Å². The Morgan fingerprint density at radius 1 is 0.966 bits per heavy atom. The van der Waals surface area contributed by atoms with Crippen molar-refractivity contribution in [3.05, 3.63) is 91.0 Å². The predicted molar refractivity (Wildman–Crippen MR) is 115 cm³/mol. The molecule has 0 aliphatic rings. The Hall–Kier alpha value is -3.86. The van der Waals surface area contributed by atoms with Gasteiger partial charge in [-0.1, -0.05) is 61.2 Å². The minimum atomic E-state index is -0.593. The van der Waals surface area contributed by atoms with Gasteiger partial charge in [0.1, 0.15) is 12.4 Å². The first-order valence-corrected chi connectivity index (χ1v) is 9.12. The summed E-state index contributed by atoms with van der Waals surface area (Å²) in [7, 11) is 0. The van der Waals surface area contributed by atoms with Crippen LogP contribution >= 0.6 is 0 Å². The second-order valence-corrected chi connectivity index (χ2v) is 6.18. The lowest BCUT2D eigenvalue weighted by Crippen LogP contribution is -2.20. The van der Waals surface area contributed by atoms with Crippen molar-refractivity contribution in [3.8, 4) is 5.75 Å². The molecule has 0 spiro atoms. The molecule has 0 radical (unpaired) electrons. The van der Waals surface area contributed by atoms with Crippen LogP contribution in [0, 0.1) is 0 Å². The van der Waals surface area contributed by atoms with E-state index in [-0.39, 0.29) is 6.61 Å². The largest absolute Gasteiger partial charge is 0.490 e. The van der Waals surface area contributed by atoms with Crippen molar-refractivity contribution in [1.82, 2.24) is 0 Å². The van der Waals surface area contributed by atoms with Gasteiger partial charge in [-0.15, -0.1) is 0 Å². The molecular formula is C24H21NO4. The van der Waals surface area contributed by atoms with Crippen molar-refractivity contribution in [2.75, 3.05) is 18.5 Å². The summed E-state index contributed by atoms with van der Waals surface area (Å²) in [6.07, 6.45) is 4.56. The van der Waals surface area contributed by atoms with E-state index in [1.165, 1.54) is 6.08 Å². The number of ether oxygens (including phenoxy) is 2. The van der Waals surface area contributed by atoms with E-state index >= 15 is 0 Å². The van der Waals surface area contributed by atoms with Crippen LogP contribution in [-0.2, 0) is 14.3 Å². The van der Waals surface area contributed by atoms with Crippen molar-refractivity contribution in [2.24, 2.45) is 0 Å². The van der Waals surface area contributed by atoms with Gasteiger partial charge in [0.2, 0.25) is 0 Å². The SMILES string of the molecule is C=CCOc1ccc(/C=C/C(=O)OCC(=O)Nc2cccc3ccccc23)cc1. The summed E-state index contributed by atoms with van der Waals surface area (Å²) in [6.45, 7) is 3.67. The molecule has 0 saturated carbocycles. The number of hydrogen-bond acceptors (Lipinski definition) is 4. The summed E-state index contributed by atoms with van der Waals surface area (Å²) in [4.78, 5) is 24.0. The fourth-order valence-electron chi connectivity index (χ4n) is 2.70. The average Bonchev–Trinajstić information content (AvgIpc) is 2.76. The first-order chi connectivity index (χ1) is 14.2. The van der Waals surface area contributed by atoms with Crippen LogP contribution in [0.1, 0.15) is 5.56 Å². The zero-order valence-corrected chi connectivity index (χ0v) is 15.8. The molecule has 5 heteroatoms. The summed E-state index contributed by atoms with van der Waals surface area (Å²) in [6, 6.07) is 20.6. The minimum absolute atomic E-state index is 0.360. The monoisotopic (exact) mass is 387 g/mol. The van der Waals surface area contributed by atoms with Crippen LogP contribution < -0.4 is 10.1 Å². The van der Waals surface area contributed by atoms with E-state index in [0.29, 0.717) is 12.3 Å². The average molecular weight is 387 g/mol. The van der Waals surface area contributed by atoms with Gasteiger partial charge in [0.05, 0.1) is 0 Å². The Balaban J connectivity index is 1.50. The molecule has 0 aromatic heterocycles. The van der Waals surface area contributed by atoms with Crippen molar-refractivity contribution < 1.29 is 19.1 Å². The molecule has 0 saturated heterocycles. The molecule has 0 fully saturated rings. The fraction of sp³-hybridized carbons (Fsp3) is 0.0833. The van der Waals surface area contributed by atoms with Crippen LogP contribution in [0.4, 0.5) is 5.69 Å². The zero-order chi connectivity index (χ0) is 20.5. The van der Waals surface area contributed by atoms with Gasteiger partial charge in [-0.2, -0.15) is 0 Å². The smallest absolute Gasteiger partial charge is 0.331 e. The minimum Gasteiger partial charge on any atom is -0.490 e. The van der Waals surface area contributed by atoms with E-state index in [2.05, 4.69) is 11.9 Å². The molecule has 0 bridgehead atoms. The molecule has 0 aliphatic carbocycles. The molecule has 0 unspecified atom stereocenters. The van der Waals surface area contributed by atoms with Crippen LogP contribution in [0.15, 0.2) is 85.5 Å². The van der Waals surface area contributed by atoms with Crippen molar-refractivity contribution in [3.63, 3.8) is 0 Å². The third-order valence-corrected chi connectivity index (χ3v) is 4.07. The Morgan fingerprint density at radius 3 is 2.52 bits per heavy atom. The highest BCUT2D eigenvalue weighted by Crippen LogP contribution is 2.22. The van der Waals surface area contributed by atoms with Crippen LogP contribution in [-0.4, -0.2) is 25.1 Å². The first-order valence-electron chi connectivity index (χ1n) is 9.12. The summed E-state index contributed by atoms with van der Waals surface area (Å²) in [5.74, 6) is -0.272. The van der Waals surface area contributed by atoms with Crippen LogP contribution in [0.5, 0.6) is 5.75 Å². The number of carbonyl (C=O) groups excluding carboxylic acids is 2. The van der Waals surface area contributed by atoms with E-state index in [4.69, 9.17) is 9.47 Å². The first kappa shape index (κ1) is 19.9. The number of benzene rings is 3. The third kappa shape index (κ3) is 5.81. The molecule has 3 aromatic carbocycles. The molecule has 0 heterocycles.